The van der Waals surface area contributed by atoms with Crippen molar-refractivity contribution in [3.05, 3.63) is 89.1 Å². The summed E-state index contributed by atoms with van der Waals surface area (Å²) in [6.45, 7) is 13.7. The predicted molar refractivity (Wildman–Crippen MR) is 164 cm³/mol. The van der Waals surface area contributed by atoms with Crippen LogP contribution in [0.4, 0.5) is 22.9 Å². The lowest BCUT2D eigenvalue weighted by Gasteiger charge is -2.35. The number of aromatic nitrogens is 2. The zero-order chi connectivity index (χ0) is 26.5. The van der Waals surface area contributed by atoms with Crippen LogP contribution in [0.5, 0.6) is 0 Å². The van der Waals surface area contributed by atoms with E-state index in [1.165, 1.54) is 22.4 Å². The van der Waals surface area contributed by atoms with E-state index in [0.29, 0.717) is 0 Å². The van der Waals surface area contributed by atoms with E-state index < -0.39 is 0 Å². The van der Waals surface area contributed by atoms with Crippen LogP contribution in [0.25, 0.3) is 16.3 Å². The molecule has 7 heteroatoms. The van der Waals surface area contributed by atoms with E-state index in [1.807, 2.05) is 18.2 Å². The number of likely N-dealkylation sites (N-methyl/N-ethyl adjacent to an activating group) is 1. The quantitative estimate of drug-likeness (QED) is 0.194. The summed E-state index contributed by atoms with van der Waals surface area (Å²) in [5.41, 5.74) is 15.2. The predicted octanol–water partition coefficient (Wildman–Crippen LogP) is 6.45. The highest BCUT2D eigenvalue weighted by Crippen LogP contribution is 2.33. The molecular weight excluding hydrogens is 488 g/mol. The first kappa shape index (κ1) is 25.9. The molecule has 3 heterocycles. The van der Waals surface area contributed by atoms with Crippen LogP contribution in [0.15, 0.2) is 66.8 Å². The minimum atomic E-state index is 0.792. The summed E-state index contributed by atoms with van der Waals surface area (Å²) in [6.07, 6.45) is 9.23. The van der Waals surface area contributed by atoms with Gasteiger partial charge in [0, 0.05) is 48.8 Å². The summed E-state index contributed by atoms with van der Waals surface area (Å²) in [6, 6.07) is 12.8. The first-order valence-corrected chi connectivity index (χ1v) is 14.2. The van der Waals surface area contributed by atoms with Gasteiger partial charge in [0.25, 0.3) is 0 Å². The number of anilines is 4. The van der Waals surface area contributed by atoms with Crippen molar-refractivity contribution in [3.8, 4) is 0 Å². The number of nitrogens with zero attached hydrogens (tertiary/aromatic N) is 4. The molecule has 0 spiro atoms. The largest absolute Gasteiger partial charge is 0.398 e. The molecule has 2 aromatic heterocycles. The molecule has 3 N–H and O–H groups in total. The van der Waals surface area contributed by atoms with Crippen molar-refractivity contribution < 1.29 is 0 Å². The Labute approximate surface area is 229 Å². The molecule has 6 nitrogen and oxygen atoms in total. The topological polar surface area (TPSA) is 70.3 Å². The number of hydrogen-bond donors (Lipinski definition) is 2. The number of piperazine rings is 1. The number of nitrogens with one attached hydrogen (secondary N) is 1. The number of fused-ring (bicyclic) bond motifs is 1. The van der Waals surface area contributed by atoms with Crippen molar-refractivity contribution in [1.82, 2.24) is 14.9 Å². The van der Waals surface area contributed by atoms with E-state index in [-0.39, 0.29) is 0 Å². The molecule has 1 aliphatic heterocycles. The van der Waals surface area contributed by atoms with Gasteiger partial charge in [0.15, 0.2) is 5.82 Å². The highest BCUT2D eigenvalue weighted by molar-refractivity contribution is 7.18. The molecule has 38 heavy (non-hydrogen) atoms. The first-order chi connectivity index (χ1) is 18.6. The van der Waals surface area contributed by atoms with Crippen molar-refractivity contribution in [2.24, 2.45) is 0 Å². The SMILES string of the molecule is C=C/C=C\c1c(N)ccc(CCc2csc3c(Nc4ccc(N5CCN(CC)CC5)cc4)ncnc23)c1C. The molecule has 1 fully saturated rings. The summed E-state index contributed by atoms with van der Waals surface area (Å²) in [4.78, 5) is 14.2. The Kier molecular flexibility index (Phi) is 8.05. The average molecular weight is 525 g/mol. The number of hydrogen-bond acceptors (Lipinski definition) is 7. The average Bonchev–Trinajstić information content (AvgIpc) is 3.37. The van der Waals surface area contributed by atoms with Gasteiger partial charge in [-0.2, -0.15) is 0 Å². The molecule has 2 aromatic carbocycles. The lowest BCUT2D eigenvalue weighted by atomic mass is 9.95. The van der Waals surface area contributed by atoms with Crippen molar-refractivity contribution >= 4 is 50.5 Å². The summed E-state index contributed by atoms with van der Waals surface area (Å²) >= 11 is 1.70. The third kappa shape index (κ3) is 5.59. The van der Waals surface area contributed by atoms with E-state index in [1.54, 1.807) is 23.7 Å². The lowest BCUT2D eigenvalue weighted by molar-refractivity contribution is 0.271. The smallest absolute Gasteiger partial charge is 0.151 e. The Hall–Kier alpha value is -3.68. The zero-order valence-corrected chi connectivity index (χ0v) is 23.1. The normalized spacial score (nSPS) is 14.4. The highest BCUT2D eigenvalue weighted by Gasteiger charge is 2.16. The number of nitrogen functional groups attached to an aromatic ring is 1. The third-order valence-electron chi connectivity index (χ3n) is 7.47. The van der Waals surface area contributed by atoms with Crippen LogP contribution < -0.4 is 16.0 Å². The highest BCUT2D eigenvalue weighted by atomic mass is 32.1. The van der Waals surface area contributed by atoms with E-state index in [9.17, 15) is 0 Å². The summed E-state index contributed by atoms with van der Waals surface area (Å²) in [5, 5.41) is 5.74. The maximum absolute atomic E-state index is 6.22. The molecule has 196 valence electrons. The zero-order valence-electron chi connectivity index (χ0n) is 22.3. The van der Waals surface area contributed by atoms with Crippen LogP contribution in [0.3, 0.4) is 0 Å². The fraction of sp³-hybridized carbons (Fsp3) is 0.290. The molecule has 1 saturated heterocycles. The molecule has 1 aliphatic rings. The second-order valence-corrected chi connectivity index (χ2v) is 10.6. The molecule has 0 unspecified atom stereocenters. The van der Waals surface area contributed by atoms with E-state index in [2.05, 4.69) is 81.2 Å². The van der Waals surface area contributed by atoms with Crippen LogP contribution in [0.1, 0.15) is 29.2 Å². The Bertz CT molecular complexity index is 1430. The Morgan fingerprint density at radius 1 is 1.03 bits per heavy atom. The fourth-order valence-corrected chi connectivity index (χ4v) is 6.10. The molecule has 0 amide bonds. The number of thiophene rings is 1. The maximum atomic E-state index is 6.22. The van der Waals surface area contributed by atoms with Crippen LogP contribution in [-0.4, -0.2) is 47.6 Å². The van der Waals surface area contributed by atoms with Gasteiger partial charge in [0.05, 0.1) is 10.2 Å². The molecule has 0 radical (unpaired) electrons. The summed E-state index contributed by atoms with van der Waals surface area (Å²) in [7, 11) is 0. The Morgan fingerprint density at radius 2 is 1.79 bits per heavy atom. The van der Waals surface area contributed by atoms with Gasteiger partial charge in [-0.3, -0.25) is 0 Å². The van der Waals surface area contributed by atoms with Gasteiger partial charge in [0.2, 0.25) is 0 Å². The van der Waals surface area contributed by atoms with Gasteiger partial charge in [-0.05, 0) is 78.7 Å². The van der Waals surface area contributed by atoms with Gasteiger partial charge in [-0.15, -0.1) is 11.3 Å². The van der Waals surface area contributed by atoms with Crippen LogP contribution in [0, 0.1) is 6.92 Å². The molecular formula is C31H36N6S. The molecule has 0 bridgehead atoms. The van der Waals surface area contributed by atoms with Gasteiger partial charge in [-0.1, -0.05) is 37.8 Å². The van der Waals surface area contributed by atoms with Crippen molar-refractivity contribution in [2.45, 2.75) is 26.7 Å². The lowest BCUT2D eigenvalue weighted by Crippen LogP contribution is -2.46. The van der Waals surface area contributed by atoms with Crippen LogP contribution in [-0.2, 0) is 12.8 Å². The van der Waals surface area contributed by atoms with Crippen LogP contribution in [0.2, 0.25) is 0 Å². The van der Waals surface area contributed by atoms with Crippen molar-refractivity contribution in [3.63, 3.8) is 0 Å². The molecule has 4 aromatic rings. The van der Waals surface area contributed by atoms with E-state index in [4.69, 9.17) is 5.73 Å². The van der Waals surface area contributed by atoms with Crippen molar-refractivity contribution in [2.75, 3.05) is 48.7 Å². The number of benzene rings is 2. The monoisotopic (exact) mass is 524 g/mol. The summed E-state index contributed by atoms with van der Waals surface area (Å²) < 4.78 is 1.09. The minimum Gasteiger partial charge on any atom is -0.398 e. The third-order valence-corrected chi connectivity index (χ3v) is 8.49. The maximum Gasteiger partial charge on any atom is 0.151 e. The summed E-state index contributed by atoms with van der Waals surface area (Å²) in [5.74, 6) is 0.857. The Morgan fingerprint density at radius 3 is 2.53 bits per heavy atom. The van der Waals surface area contributed by atoms with E-state index >= 15 is 0 Å². The first-order valence-electron chi connectivity index (χ1n) is 13.3. The minimum absolute atomic E-state index is 0.792. The number of rotatable bonds is 9. The second-order valence-electron chi connectivity index (χ2n) is 9.70. The molecule has 5 rings (SSSR count). The second kappa shape index (κ2) is 11.8. The van der Waals surface area contributed by atoms with Crippen LogP contribution >= 0.6 is 11.3 Å². The van der Waals surface area contributed by atoms with Gasteiger partial charge in [0.1, 0.15) is 6.33 Å². The number of nitrogens with two attached hydrogens (primary N) is 1. The molecule has 0 saturated carbocycles. The number of allylic oxidation sites excluding steroid dienone is 2. The van der Waals surface area contributed by atoms with Gasteiger partial charge >= 0.3 is 0 Å². The van der Waals surface area contributed by atoms with E-state index in [0.717, 1.165) is 78.5 Å². The Balaban J connectivity index is 1.28. The number of aryl methyl sites for hydroxylation is 2. The standard InChI is InChI=1S/C31H36N6S/c1-4-6-7-27-22(3)23(10-15-28(27)32)8-9-24-20-38-30-29(24)33-21-34-31(30)35-25-11-13-26(14-12-25)37-18-16-36(5-2)17-19-37/h4,6-7,10-15,20-21H,1,5,8-9,16-19,32H2,2-3H3,(H,33,34,35)/b7-6-. The molecule has 0 atom stereocenters. The van der Waals surface area contributed by atoms with Gasteiger partial charge in [-0.25, -0.2) is 9.97 Å². The fourth-order valence-electron chi connectivity index (χ4n) is 5.10. The molecule has 0 aliphatic carbocycles. The van der Waals surface area contributed by atoms with Crippen molar-refractivity contribution in [1.29, 1.82) is 0 Å². The van der Waals surface area contributed by atoms with Gasteiger partial charge < -0.3 is 20.9 Å².